The van der Waals surface area contributed by atoms with E-state index in [1.54, 1.807) is 12.1 Å². The molecule has 0 radical (unpaired) electrons. The van der Waals surface area contributed by atoms with Crippen molar-refractivity contribution in [3.63, 3.8) is 0 Å². The van der Waals surface area contributed by atoms with Crippen LogP contribution < -0.4 is 9.64 Å². The van der Waals surface area contributed by atoms with E-state index in [1.165, 1.54) is 12.1 Å². The largest absolute Gasteiger partial charge is 0.493 e. The Morgan fingerprint density at radius 3 is 2.27 bits per heavy atom. The van der Waals surface area contributed by atoms with Crippen LogP contribution >= 0.6 is 0 Å². The number of pyridine rings is 1. The molecule has 0 aliphatic carbocycles. The second kappa shape index (κ2) is 12.0. The number of aryl methyl sites for hydroxylation is 1. The number of ether oxygens (including phenoxy) is 2. The molecule has 1 aromatic heterocycles. The summed E-state index contributed by atoms with van der Waals surface area (Å²) in [5.74, 6) is -0.548. The Morgan fingerprint density at radius 1 is 1.07 bits per heavy atom. The highest BCUT2D eigenvalue weighted by Gasteiger charge is 2.35. The molecule has 0 bridgehead atoms. The van der Waals surface area contributed by atoms with Gasteiger partial charge in [-0.3, -0.25) is 4.98 Å². The number of hydrogen-bond acceptors (Lipinski definition) is 5. The summed E-state index contributed by atoms with van der Waals surface area (Å²) in [5, 5.41) is 10.3. The zero-order valence-electron chi connectivity index (χ0n) is 24.5. The number of carboxylic acid groups (broad SMARTS) is 1. The van der Waals surface area contributed by atoms with Crippen molar-refractivity contribution >= 4 is 11.7 Å². The first-order valence-electron chi connectivity index (χ1n) is 14.0. The van der Waals surface area contributed by atoms with Gasteiger partial charge in [0, 0.05) is 42.5 Å². The van der Waals surface area contributed by atoms with Gasteiger partial charge in [0.05, 0.1) is 17.9 Å². The van der Waals surface area contributed by atoms with Gasteiger partial charge in [0.2, 0.25) is 0 Å². The van der Waals surface area contributed by atoms with Gasteiger partial charge in [0.25, 0.3) is 0 Å². The fourth-order valence-electron chi connectivity index (χ4n) is 5.06. The molecule has 2 heterocycles. The molecule has 0 spiro atoms. The van der Waals surface area contributed by atoms with Crippen molar-refractivity contribution in [2.45, 2.75) is 72.5 Å². The number of carboxylic acids is 1. The number of piperidine rings is 1. The van der Waals surface area contributed by atoms with Crippen molar-refractivity contribution in [2.24, 2.45) is 5.41 Å². The zero-order valence-corrected chi connectivity index (χ0v) is 24.5. The lowest BCUT2D eigenvalue weighted by Gasteiger charge is -2.41. The molecule has 214 valence electrons. The number of aliphatic carboxylic acids is 1. The number of aromatic nitrogens is 1. The van der Waals surface area contributed by atoms with Crippen LogP contribution in [0.5, 0.6) is 5.75 Å². The second-order valence-electron chi connectivity index (χ2n) is 12.4. The summed E-state index contributed by atoms with van der Waals surface area (Å²) in [6.07, 6.45) is 3.38. The van der Waals surface area contributed by atoms with E-state index in [9.17, 15) is 14.3 Å². The van der Waals surface area contributed by atoms with Gasteiger partial charge in [-0.25, -0.2) is 9.18 Å². The summed E-state index contributed by atoms with van der Waals surface area (Å²) in [6, 6.07) is 14.3. The fourth-order valence-corrected chi connectivity index (χ4v) is 5.06. The Kier molecular flexibility index (Phi) is 8.83. The number of hydrogen-bond donors (Lipinski definition) is 1. The molecule has 1 saturated heterocycles. The van der Waals surface area contributed by atoms with Crippen LogP contribution in [-0.2, 0) is 16.0 Å². The molecule has 40 heavy (non-hydrogen) atoms. The predicted molar refractivity (Wildman–Crippen MR) is 156 cm³/mol. The molecule has 1 N–H and O–H groups in total. The van der Waals surface area contributed by atoms with Crippen LogP contribution in [0.4, 0.5) is 10.1 Å². The van der Waals surface area contributed by atoms with Crippen molar-refractivity contribution in [1.29, 1.82) is 0 Å². The van der Waals surface area contributed by atoms with Crippen molar-refractivity contribution in [2.75, 3.05) is 24.6 Å². The van der Waals surface area contributed by atoms with Crippen molar-refractivity contribution < 1.29 is 23.8 Å². The standard InChI is InChI=1S/C33H41FN2O4/c1-22-28(30(31(37)38)40-32(2,3)4)29(36-18-16-33(5,6)17-19-36)27(21-35-22)24-9-13-26(14-10-24)39-20-15-23-7-11-25(34)12-8-23/h7-14,21,30H,15-20H2,1-6H3,(H,37,38). The SMILES string of the molecule is Cc1ncc(-c2ccc(OCCc3ccc(F)cc3)cc2)c(N2CCC(C)(C)CC2)c1C(OC(C)(C)C)C(=O)O. The number of rotatable bonds is 9. The molecule has 4 rings (SSSR count). The minimum absolute atomic E-state index is 0.236. The van der Waals surface area contributed by atoms with Gasteiger partial charge in [-0.1, -0.05) is 38.1 Å². The summed E-state index contributed by atoms with van der Waals surface area (Å²) in [4.78, 5) is 19.5. The Balaban J connectivity index is 1.67. The van der Waals surface area contributed by atoms with E-state index in [1.807, 2.05) is 58.2 Å². The molecule has 1 unspecified atom stereocenters. The number of nitrogens with zero attached hydrogens (tertiary/aromatic N) is 2. The maximum Gasteiger partial charge on any atom is 0.337 e. The van der Waals surface area contributed by atoms with Gasteiger partial charge < -0.3 is 19.5 Å². The van der Waals surface area contributed by atoms with Crippen LogP contribution in [-0.4, -0.2) is 41.4 Å². The summed E-state index contributed by atoms with van der Waals surface area (Å²) < 4.78 is 25.2. The normalized spacial score (nSPS) is 16.0. The Labute approximate surface area is 237 Å². The Hall–Kier alpha value is -3.45. The highest BCUT2D eigenvalue weighted by molar-refractivity contribution is 5.86. The zero-order chi connectivity index (χ0) is 29.1. The van der Waals surface area contributed by atoms with Crippen LogP contribution in [0.1, 0.15) is 70.4 Å². The molecule has 1 aliphatic rings. The Morgan fingerprint density at radius 2 is 1.70 bits per heavy atom. The highest BCUT2D eigenvalue weighted by Crippen LogP contribution is 2.43. The molecule has 1 atom stereocenters. The molecular weight excluding hydrogens is 507 g/mol. The third kappa shape index (κ3) is 7.39. The van der Waals surface area contributed by atoms with Crippen LogP contribution in [0.3, 0.4) is 0 Å². The lowest BCUT2D eigenvalue weighted by molar-refractivity contribution is -0.160. The fraction of sp³-hybridized carbons (Fsp3) is 0.455. The van der Waals surface area contributed by atoms with Gasteiger partial charge in [-0.05, 0) is 81.3 Å². The molecule has 6 nitrogen and oxygen atoms in total. The lowest BCUT2D eigenvalue weighted by Crippen LogP contribution is -2.39. The number of halogens is 1. The summed E-state index contributed by atoms with van der Waals surface area (Å²) in [5.41, 5.74) is 4.54. The minimum atomic E-state index is -1.15. The predicted octanol–water partition coefficient (Wildman–Crippen LogP) is 7.38. The summed E-state index contributed by atoms with van der Waals surface area (Å²) in [7, 11) is 0. The topological polar surface area (TPSA) is 71.9 Å². The van der Waals surface area contributed by atoms with Crippen molar-refractivity contribution in [1.82, 2.24) is 4.98 Å². The Bertz CT molecular complexity index is 1300. The maximum atomic E-state index is 13.2. The molecule has 3 aromatic rings. The van der Waals surface area contributed by atoms with Crippen molar-refractivity contribution in [3.8, 4) is 16.9 Å². The first-order chi connectivity index (χ1) is 18.8. The van der Waals surface area contributed by atoms with E-state index in [2.05, 4.69) is 23.7 Å². The molecular formula is C33H41FN2O4. The summed E-state index contributed by atoms with van der Waals surface area (Å²) in [6.45, 7) is 14.1. The smallest absolute Gasteiger partial charge is 0.337 e. The molecule has 0 amide bonds. The van der Waals surface area contributed by atoms with E-state index in [0.717, 1.165) is 54.1 Å². The average Bonchev–Trinajstić information content (AvgIpc) is 2.88. The van der Waals surface area contributed by atoms with Crippen molar-refractivity contribution in [3.05, 3.63) is 77.4 Å². The van der Waals surface area contributed by atoms with E-state index in [0.29, 0.717) is 24.3 Å². The number of anilines is 1. The molecule has 1 fully saturated rings. The average molecular weight is 549 g/mol. The second-order valence-corrected chi connectivity index (χ2v) is 12.4. The number of benzene rings is 2. The minimum Gasteiger partial charge on any atom is -0.493 e. The van der Waals surface area contributed by atoms with Gasteiger partial charge in [-0.15, -0.1) is 0 Å². The van der Waals surface area contributed by atoms with E-state index in [4.69, 9.17) is 9.47 Å². The van der Waals surface area contributed by atoms with E-state index < -0.39 is 17.7 Å². The van der Waals surface area contributed by atoms with Gasteiger partial charge in [-0.2, -0.15) is 0 Å². The maximum absolute atomic E-state index is 13.2. The van der Waals surface area contributed by atoms with E-state index >= 15 is 0 Å². The molecule has 7 heteroatoms. The van der Waals surface area contributed by atoms with Crippen LogP contribution in [0.25, 0.3) is 11.1 Å². The highest BCUT2D eigenvalue weighted by atomic mass is 19.1. The van der Waals surface area contributed by atoms with Gasteiger partial charge >= 0.3 is 5.97 Å². The first-order valence-corrected chi connectivity index (χ1v) is 14.0. The van der Waals surface area contributed by atoms with Crippen LogP contribution in [0.15, 0.2) is 54.7 Å². The van der Waals surface area contributed by atoms with E-state index in [-0.39, 0.29) is 11.2 Å². The van der Waals surface area contributed by atoms with Gasteiger partial charge in [0.15, 0.2) is 6.10 Å². The summed E-state index contributed by atoms with van der Waals surface area (Å²) >= 11 is 0. The molecule has 1 aliphatic heterocycles. The number of carbonyl (C=O) groups is 1. The quantitative estimate of drug-likeness (QED) is 0.301. The van der Waals surface area contributed by atoms with Crippen LogP contribution in [0, 0.1) is 18.2 Å². The monoisotopic (exact) mass is 548 g/mol. The third-order valence-corrected chi connectivity index (χ3v) is 7.42. The first kappa shape index (κ1) is 29.5. The van der Waals surface area contributed by atoms with Crippen LogP contribution in [0.2, 0.25) is 0 Å². The molecule has 0 saturated carbocycles. The molecule has 2 aromatic carbocycles. The lowest BCUT2D eigenvalue weighted by atomic mass is 9.82. The third-order valence-electron chi connectivity index (χ3n) is 7.42. The van der Waals surface area contributed by atoms with Gasteiger partial charge in [0.1, 0.15) is 11.6 Å².